The van der Waals surface area contributed by atoms with Crippen LogP contribution in [0.5, 0.6) is 5.75 Å². The number of hydrogen-bond donors (Lipinski definition) is 2. The van der Waals surface area contributed by atoms with Gasteiger partial charge in [0.1, 0.15) is 18.4 Å². The number of nitrogens with one attached hydrogen (secondary N) is 1. The molecule has 1 unspecified atom stereocenters. The Hall–Kier alpha value is -3.84. The van der Waals surface area contributed by atoms with Crippen molar-refractivity contribution in [2.24, 2.45) is 5.92 Å². The van der Waals surface area contributed by atoms with Crippen molar-refractivity contribution in [3.63, 3.8) is 0 Å². The summed E-state index contributed by atoms with van der Waals surface area (Å²) >= 11 is 0. The summed E-state index contributed by atoms with van der Waals surface area (Å²) < 4.78 is 7.88. The molecule has 7 nitrogen and oxygen atoms in total. The summed E-state index contributed by atoms with van der Waals surface area (Å²) in [5.74, 6) is 0.230. The first-order chi connectivity index (χ1) is 17.1. The molecular formula is C28H27N3O4. The van der Waals surface area contributed by atoms with E-state index in [1.54, 1.807) is 12.1 Å². The number of carbonyl (C=O) groups is 1. The Kier molecular flexibility index (Phi) is 5.41. The van der Waals surface area contributed by atoms with E-state index in [2.05, 4.69) is 9.88 Å². The van der Waals surface area contributed by atoms with Gasteiger partial charge in [0.05, 0.1) is 0 Å². The number of fused-ring (bicyclic) bond motifs is 5. The second-order valence-electron chi connectivity index (χ2n) is 9.62. The number of carboxylic acid groups (broad SMARTS) is 1. The number of aromatic nitrogens is 2. The normalized spacial score (nSPS) is 20.3. The molecule has 2 aromatic heterocycles. The van der Waals surface area contributed by atoms with Crippen molar-refractivity contribution >= 4 is 16.9 Å². The number of benzene rings is 2. The molecule has 1 saturated heterocycles. The molecule has 4 heterocycles. The topological polar surface area (TPSA) is 87.6 Å². The second-order valence-corrected chi connectivity index (χ2v) is 9.62. The lowest BCUT2D eigenvalue weighted by Gasteiger charge is -2.44. The molecule has 0 spiro atoms. The van der Waals surface area contributed by atoms with Gasteiger partial charge in [-0.2, -0.15) is 0 Å². The van der Waals surface area contributed by atoms with Gasteiger partial charge in [-0.3, -0.25) is 14.5 Å². The van der Waals surface area contributed by atoms with E-state index in [1.165, 1.54) is 0 Å². The van der Waals surface area contributed by atoms with E-state index in [4.69, 9.17) is 4.74 Å². The van der Waals surface area contributed by atoms with Crippen molar-refractivity contribution in [2.75, 3.05) is 13.1 Å². The summed E-state index contributed by atoms with van der Waals surface area (Å²) in [6, 6.07) is 20.4. The van der Waals surface area contributed by atoms with Gasteiger partial charge in [-0.25, -0.2) is 0 Å². The molecule has 4 aromatic rings. The van der Waals surface area contributed by atoms with E-state index in [0.717, 1.165) is 34.1 Å². The predicted molar refractivity (Wildman–Crippen MR) is 133 cm³/mol. The van der Waals surface area contributed by atoms with Gasteiger partial charge in [0, 0.05) is 60.0 Å². The molecule has 178 valence electrons. The standard InChI is InChI=1S/C28H27N3O4/c32-26-8-4-7-25-20-11-19(15-31(25)26)14-30(16-20)27(28(33)34)23-13-29-24-10-9-21(12-22(23)24)35-17-18-5-2-1-3-6-18/h1-10,12-13,19-20,27,29H,11,14-17H2,(H,33,34)/t19-,20-,27?/m1/s1. The van der Waals surface area contributed by atoms with Crippen LogP contribution in [-0.4, -0.2) is 38.6 Å². The largest absolute Gasteiger partial charge is 0.489 e. The molecule has 35 heavy (non-hydrogen) atoms. The van der Waals surface area contributed by atoms with Gasteiger partial charge in [-0.05, 0) is 42.2 Å². The molecule has 2 N–H and O–H groups in total. The Morgan fingerprint density at radius 3 is 2.74 bits per heavy atom. The van der Waals surface area contributed by atoms with Crippen LogP contribution in [0.3, 0.4) is 0 Å². The highest BCUT2D eigenvalue weighted by Gasteiger charge is 2.40. The lowest BCUT2D eigenvalue weighted by molar-refractivity contribution is -0.144. The van der Waals surface area contributed by atoms with Crippen molar-refractivity contribution in [3.8, 4) is 5.75 Å². The first-order valence-corrected chi connectivity index (χ1v) is 12.0. The van der Waals surface area contributed by atoms with Crippen LogP contribution in [0, 0.1) is 5.92 Å². The maximum absolute atomic E-state index is 12.6. The van der Waals surface area contributed by atoms with Crippen molar-refractivity contribution in [3.05, 3.63) is 100 Å². The van der Waals surface area contributed by atoms with Crippen LogP contribution in [0.15, 0.2) is 77.7 Å². The number of carboxylic acids is 1. The molecular weight excluding hydrogens is 442 g/mol. The summed E-state index contributed by atoms with van der Waals surface area (Å²) in [5.41, 5.74) is 3.73. The second kappa shape index (κ2) is 8.74. The van der Waals surface area contributed by atoms with Crippen molar-refractivity contribution in [1.82, 2.24) is 14.5 Å². The molecule has 0 amide bonds. The molecule has 0 aliphatic carbocycles. The fourth-order valence-corrected chi connectivity index (χ4v) is 5.81. The van der Waals surface area contributed by atoms with Crippen LogP contribution in [0.1, 0.15) is 35.2 Å². The predicted octanol–water partition coefficient (Wildman–Crippen LogP) is 4.15. The first-order valence-electron chi connectivity index (χ1n) is 12.0. The molecule has 7 heteroatoms. The third-order valence-electron chi connectivity index (χ3n) is 7.34. The van der Waals surface area contributed by atoms with Gasteiger partial charge in [-0.1, -0.05) is 36.4 Å². The van der Waals surface area contributed by atoms with Crippen molar-refractivity contribution in [2.45, 2.75) is 31.5 Å². The van der Waals surface area contributed by atoms with Crippen LogP contribution in [0.4, 0.5) is 0 Å². The zero-order chi connectivity index (χ0) is 23.9. The van der Waals surface area contributed by atoms with Crippen LogP contribution in [0.25, 0.3) is 10.9 Å². The van der Waals surface area contributed by atoms with Gasteiger partial charge in [0.25, 0.3) is 5.56 Å². The van der Waals surface area contributed by atoms with E-state index in [9.17, 15) is 14.7 Å². The summed E-state index contributed by atoms with van der Waals surface area (Å²) in [6.07, 6.45) is 2.80. The molecule has 2 bridgehead atoms. The lowest BCUT2D eigenvalue weighted by Crippen LogP contribution is -2.49. The van der Waals surface area contributed by atoms with Gasteiger partial charge in [0.15, 0.2) is 0 Å². The molecule has 1 fully saturated rings. The molecule has 2 aliphatic rings. The van der Waals surface area contributed by atoms with Gasteiger partial charge < -0.3 is 19.4 Å². The Balaban J connectivity index is 1.30. The Morgan fingerprint density at radius 1 is 1.06 bits per heavy atom. The minimum atomic E-state index is -0.869. The molecule has 3 atom stereocenters. The van der Waals surface area contributed by atoms with Crippen LogP contribution in [-0.2, 0) is 17.9 Å². The number of hydrogen-bond acceptors (Lipinski definition) is 4. The fraction of sp³-hybridized carbons (Fsp3) is 0.286. The minimum absolute atomic E-state index is 0.0279. The van der Waals surface area contributed by atoms with Crippen molar-refractivity contribution in [1.29, 1.82) is 0 Å². The van der Waals surface area contributed by atoms with Gasteiger partial charge >= 0.3 is 5.97 Å². The fourth-order valence-electron chi connectivity index (χ4n) is 5.81. The Labute approximate surface area is 202 Å². The highest BCUT2D eigenvalue weighted by Crippen LogP contribution is 2.40. The number of H-pyrrole nitrogens is 1. The Bertz CT molecular complexity index is 1440. The zero-order valence-corrected chi connectivity index (χ0v) is 19.3. The average Bonchev–Trinajstić information content (AvgIpc) is 3.27. The quantitative estimate of drug-likeness (QED) is 0.443. The number of aromatic amines is 1. The summed E-state index contributed by atoms with van der Waals surface area (Å²) in [5, 5.41) is 11.2. The van der Waals surface area contributed by atoms with Crippen LogP contribution in [0.2, 0.25) is 0 Å². The number of pyridine rings is 1. The summed E-state index contributed by atoms with van der Waals surface area (Å²) in [4.78, 5) is 30.3. The number of rotatable bonds is 6. The van der Waals surface area contributed by atoms with Gasteiger partial charge in [-0.15, -0.1) is 0 Å². The maximum atomic E-state index is 12.6. The third kappa shape index (κ3) is 4.02. The monoisotopic (exact) mass is 469 g/mol. The molecule has 0 saturated carbocycles. The van der Waals surface area contributed by atoms with E-state index >= 15 is 0 Å². The van der Waals surface area contributed by atoms with Crippen LogP contribution >= 0.6 is 0 Å². The summed E-state index contributed by atoms with van der Waals surface area (Å²) in [7, 11) is 0. The van der Waals surface area contributed by atoms with Crippen LogP contribution < -0.4 is 10.3 Å². The molecule has 2 aliphatic heterocycles. The van der Waals surface area contributed by atoms with E-state index in [0.29, 0.717) is 32.0 Å². The molecule has 6 rings (SSSR count). The smallest absolute Gasteiger partial charge is 0.325 e. The SMILES string of the molecule is O=C(O)C(c1c[nH]c2ccc(OCc3ccccc3)cc12)N1C[C@H]2C[C@H](C1)c1cccc(=O)n1C2. The highest BCUT2D eigenvalue weighted by atomic mass is 16.5. The number of nitrogens with zero attached hydrogens (tertiary/aromatic N) is 2. The van der Waals surface area contributed by atoms with E-state index < -0.39 is 12.0 Å². The number of piperidine rings is 1. The molecule has 0 radical (unpaired) electrons. The third-order valence-corrected chi connectivity index (χ3v) is 7.34. The molecule has 2 aromatic carbocycles. The number of likely N-dealkylation sites (tertiary alicyclic amines) is 1. The maximum Gasteiger partial charge on any atom is 0.325 e. The van der Waals surface area contributed by atoms with Crippen molar-refractivity contribution < 1.29 is 14.6 Å². The Morgan fingerprint density at radius 2 is 1.91 bits per heavy atom. The first kappa shape index (κ1) is 21.7. The number of aliphatic carboxylic acids is 1. The zero-order valence-electron chi connectivity index (χ0n) is 19.3. The van der Waals surface area contributed by atoms with E-state index in [-0.39, 0.29) is 17.4 Å². The highest BCUT2D eigenvalue weighted by molar-refractivity contribution is 5.90. The minimum Gasteiger partial charge on any atom is -0.489 e. The lowest BCUT2D eigenvalue weighted by atomic mass is 9.82. The number of ether oxygens (including phenoxy) is 1. The van der Waals surface area contributed by atoms with E-state index in [1.807, 2.05) is 65.4 Å². The van der Waals surface area contributed by atoms with Gasteiger partial charge in [0.2, 0.25) is 0 Å². The average molecular weight is 470 g/mol. The summed E-state index contributed by atoms with van der Waals surface area (Å²) in [6.45, 7) is 2.33.